The number of hydrogen-bond donors (Lipinski definition) is 1. The van der Waals surface area contributed by atoms with Crippen LogP contribution in [0, 0.1) is 0 Å². The summed E-state index contributed by atoms with van der Waals surface area (Å²) >= 11 is 1.46. The van der Waals surface area contributed by atoms with E-state index in [1.807, 2.05) is 32.2 Å². The number of thiophene rings is 1. The van der Waals surface area contributed by atoms with Crippen LogP contribution in [-0.4, -0.2) is 35.1 Å². The summed E-state index contributed by atoms with van der Waals surface area (Å²) in [6, 6.07) is 1.98. The molecule has 0 radical (unpaired) electrons. The van der Waals surface area contributed by atoms with E-state index < -0.39 is 5.54 Å². The van der Waals surface area contributed by atoms with Gasteiger partial charge in [0.1, 0.15) is 0 Å². The van der Waals surface area contributed by atoms with Crippen molar-refractivity contribution < 1.29 is 9.90 Å². The van der Waals surface area contributed by atoms with Crippen molar-refractivity contribution in [3.63, 3.8) is 0 Å². The lowest BCUT2D eigenvalue weighted by atomic mass is 10.0. The SMILES string of the molecule is CCc1ccsc1C(=O)N(C)C(C)(C)CO. The molecular weight excluding hydrogens is 222 g/mol. The van der Waals surface area contributed by atoms with Crippen LogP contribution in [0.2, 0.25) is 0 Å². The predicted octanol–water partition coefficient (Wildman–Crippen LogP) is 2.15. The molecule has 90 valence electrons. The number of aliphatic hydroxyl groups excluding tert-OH is 1. The van der Waals surface area contributed by atoms with Crippen LogP contribution in [0.4, 0.5) is 0 Å². The molecule has 1 N–H and O–H groups in total. The van der Waals surface area contributed by atoms with E-state index in [-0.39, 0.29) is 12.5 Å². The van der Waals surface area contributed by atoms with Gasteiger partial charge in [-0.3, -0.25) is 4.79 Å². The second kappa shape index (κ2) is 4.97. The zero-order valence-electron chi connectivity index (χ0n) is 10.3. The number of aliphatic hydroxyl groups is 1. The van der Waals surface area contributed by atoms with Gasteiger partial charge in [0, 0.05) is 7.05 Å². The zero-order chi connectivity index (χ0) is 12.3. The van der Waals surface area contributed by atoms with Crippen molar-refractivity contribution in [2.45, 2.75) is 32.7 Å². The minimum atomic E-state index is -0.522. The third-order valence-electron chi connectivity index (χ3n) is 2.92. The Hall–Kier alpha value is -0.870. The number of hydrogen-bond acceptors (Lipinski definition) is 3. The number of carbonyl (C=O) groups excluding carboxylic acids is 1. The Labute approximate surface area is 101 Å². The average Bonchev–Trinajstić information content (AvgIpc) is 2.74. The van der Waals surface area contributed by atoms with E-state index in [1.54, 1.807) is 11.9 Å². The van der Waals surface area contributed by atoms with Crippen molar-refractivity contribution in [2.75, 3.05) is 13.7 Å². The Kier molecular flexibility index (Phi) is 4.10. The molecule has 0 aliphatic heterocycles. The van der Waals surface area contributed by atoms with Gasteiger partial charge in [0.25, 0.3) is 5.91 Å². The van der Waals surface area contributed by atoms with Crippen LogP contribution in [0.3, 0.4) is 0 Å². The van der Waals surface area contributed by atoms with Crippen molar-refractivity contribution in [3.8, 4) is 0 Å². The molecule has 0 aliphatic rings. The molecule has 3 nitrogen and oxygen atoms in total. The topological polar surface area (TPSA) is 40.5 Å². The molecule has 1 aromatic rings. The maximum absolute atomic E-state index is 12.2. The second-order valence-corrected chi connectivity index (χ2v) is 5.38. The molecular formula is C12H19NO2S. The summed E-state index contributed by atoms with van der Waals surface area (Å²) in [6.45, 7) is 5.70. The summed E-state index contributed by atoms with van der Waals surface area (Å²) < 4.78 is 0. The molecule has 0 saturated heterocycles. The van der Waals surface area contributed by atoms with E-state index in [2.05, 4.69) is 0 Å². The van der Waals surface area contributed by atoms with Crippen LogP contribution in [0.5, 0.6) is 0 Å². The first kappa shape index (κ1) is 13.2. The van der Waals surface area contributed by atoms with E-state index in [0.717, 1.165) is 16.9 Å². The molecule has 0 atom stereocenters. The molecule has 0 aromatic carbocycles. The van der Waals surface area contributed by atoms with Crippen LogP contribution in [0.25, 0.3) is 0 Å². The largest absolute Gasteiger partial charge is 0.394 e. The minimum absolute atomic E-state index is 0.00843. The molecule has 4 heteroatoms. The van der Waals surface area contributed by atoms with E-state index >= 15 is 0 Å². The van der Waals surface area contributed by atoms with Gasteiger partial charge < -0.3 is 10.0 Å². The highest BCUT2D eigenvalue weighted by Crippen LogP contribution is 2.22. The maximum Gasteiger partial charge on any atom is 0.264 e. The van der Waals surface area contributed by atoms with Gasteiger partial charge >= 0.3 is 0 Å². The fraction of sp³-hybridized carbons (Fsp3) is 0.583. The first-order valence-corrected chi connectivity index (χ1v) is 6.27. The van der Waals surface area contributed by atoms with Crippen LogP contribution in [0.15, 0.2) is 11.4 Å². The summed E-state index contributed by atoms with van der Waals surface area (Å²) in [5, 5.41) is 11.2. The summed E-state index contributed by atoms with van der Waals surface area (Å²) in [7, 11) is 1.73. The highest BCUT2D eigenvalue weighted by atomic mass is 32.1. The molecule has 0 fully saturated rings. The first-order valence-electron chi connectivity index (χ1n) is 5.39. The summed E-state index contributed by atoms with van der Waals surface area (Å²) in [5.74, 6) is -0.00843. The van der Waals surface area contributed by atoms with Crippen molar-refractivity contribution in [1.29, 1.82) is 0 Å². The van der Waals surface area contributed by atoms with Gasteiger partial charge in [-0.1, -0.05) is 6.92 Å². The van der Waals surface area contributed by atoms with Crippen LogP contribution < -0.4 is 0 Å². The molecule has 1 rings (SSSR count). The third-order valence-corrected chi connectivity index (χ3v) is 3.87. The van der Waals surface area contributed by atoms with Gasteiger partial charge in [-0.2, -0.15) is 0 Å². The van der Waals surface area contributed by atoms with Gasteiger partial charge in [0.05, 0.1) is 17.0 Å². The standard InChI is InChI=1S/C12H19NO2S/c1-5-9-6-7-16-10(9)11(15)13(4)12(2,3)8-14/h6-7,14H,5,8H2,1-4H3. The Morgan fingerprint density at radius 1 is 1.56 bits per heavy atom. The zero-order valence-corrected chi connectivity index (χ0v) is 11.1. The molecule has 16 heavy (non-hydrogen) atoms. The molecule has 0 aliphatic carbocycles. The van der Waals surface area contributed by atoms with Gasteiger partial charge in [-0.25, -0.2) is 0 Å². The maximum atomic E-state index is 12.2. The molecule has 0 spiro atoms. The Balaban J connectivity index is 2.95. The second-order valence-electron chi connectivity index (χ2n) is 4.46. The average molecular weight is 241 g/mol. The van der Waals surface area contributed by atoms with E-state index in [4.69, 9.17) is 0 Å². The molecule has 0 bridgehead atoms. The molecule has 1 amide bonds. The number of amides is 1. The number of carbonyl (C=O) groups is 1. The van der Waals surface area contributed by atoms with Crippen molar-refractivity contribution in [3.05, 3.63) is 21.9 Å². The minimum Gasteiger partial charge on any atom is -0.394 e. The quantitative estimate of drug-likeness (QED) is 0.877. The highest BCUT2D eigenvalue weighted by Gasteiger charge is 2.28. The fourth-order valence-electron chi connectivity index (χ4n) is 1.34. The summed E-state index contributed by atoms with van der Waals surface area (Å²) in [4.78, 5) is 14.6. The number of rotatable bonds is 4. The third kappa shape index (κ3) is 2.44. The fourth-order valence-corrected chi connectivity index (χ4v) is 2.30. The van der Waals surface area contributed by atoms with Gasteiger partial charge in [-0.05, 0) is 37.3 Å². The molecule has 0 saturated carbocycles. The Morgan fingerprint density at radius 3 is 2.69 bits per heavy atom. The monoisotopic (exact) mass is 241 g/mol. The predicted molar refractivity (Wildman–Crippen MR) is 67.0 cm³/mol. The normalized spacial score (nSPS) is 11.6. The molecule has 1 heterocycles. The van der Waals surface area contributed by atoms with E-state index in [0.29, 0.717) is 0 Å². The smallest absolute Gasteiger partial charge is 0.264 e. The van der Waals surface area contributed by atoms with E-state index in [9.17, 15) is 9.90 Å². The number of nitrogens with zero attached hydrogens (tertiary/aromatic N) is 1. The Bertz CT molecular complexity index is 371. The number of likely N-dealkylation sites (N-methyl/N-ethyl adjacent to an activating group) is 1. The van der Waals surface area contributed by atoms with Crippen molar-refractivity contribution >= 4 is 17.2 Å². The van der Waals surface area contributed by atoms with Crippen molar-refractivity contribution in [1.82, 2.24) is 4.90 Å². The summed E-state index contributed by atoms with van der Waals surface area (Å²) in [6.07, 6.45) is 0.859. The Morgan fingerprint density at radius 2 is 2.19 bits per heavy atom. The number of aryl methyl sites for hydroxylation is 1. The summed E-state index contributed by atoms with van der Waals surface area (Å²) in [5.41, 5.74) is 0.558. The van der Waals surface area contributed by atoms with Crippen molar-refractivity contribution in [2.24, 2.45) is 0 Å². The van der Waals surface area contributed by atoms with E-state index in [1.165, 1.54) is 11.3 Å². The highest BCUT2D eigenvalue weighted by molar-refractivity contribution is 7.12. The van der Waals surface area contributed by atoms with Gasteiger partial charge in [0.15, 0.2) is 0 Å². The van der Waals surface area contributed by atoms with Crippen LogP contribution in [0.1, 0.15) is 36.0 Å². The first-order chi connectivity index (χ1) is 7.44. The van der Waals surface area contributed by atoms with Crippen LogP contribution >= 0.6 is 11.3 Å². The van der Waals surface area contributed by atoms with Crippen LogP contribution in [-0.2, 0) is 6.42 Å². The lowest BCUT2D eigenvalue weighted by Crippen LogP contribution is -2.47. The van der Waals surface area contributed by atoms with Gasteiger partial charge in [0.2, 0.25) is 0 Å². The van der Waals surface area contributed by atoms with Gasteiger partial charge in [-0.15, -0.1) is 11.3 Å². The lowest BCUT2D eigenvalue weighted by Gasteiger charge is -2.33. The molecule has 0 unspecified atom stereocenters. The lowest BCUT2D eigenvalue weighted by molar-refractivity contribution is 0.0477. The molecule has 1 aromatic heterocycles.